The summed E-state index contributed by atoms with van der Waals surface area (Å²) >= 11 is 0. The molecule has 0 saturated carbocycles. The second kappa shape index (κ2) is 4.35. The summed E-state index contributed by atoms with van der Waals surface area (Å²) in [5.74, 6) is -0.0313. The number of amides is 2. The maximum Gasteiger partial charge on any atom is 0.233 e. The lowest BCUT2D eigenvalue weighted by atomic mass is 9.68. The second-order valence-corrected chi connectivity index (χ2v) is 5.25. The fourth-order valence-electron chi connectivity index (χ4n) is 3.30. The molecule has 0 aromatic heterocycles. The standard InChI is InChI=1S/C14H17NO3/c16-8-7-15-13(17)11-6-2-5-10(9-3-1-4-9)12(11)14(15)18/h1-3,5,9-12,16H,4,6-8H2. The number of aliphatic hydroxyl groups excluding tert-OH is 1. The highest BCUT2D eigenvalue weighted by Crippen LogP contribution is 2.44. The third-order valence-corrected chi connectivity index (χ3v) is 4.34. The molecule has 4 heteroatoms. The van der Waals surface area contributed by atoms with E-state index >= 15 is 0 Å². The molecule has 96 valence electrons. The van der Waals surface area contributed by atoms with Crippen LogP contribution in [0.1, 0.15) is 12.8 Å². The fraction of sp³-hybridized carbons (Fsp3) is 0.571. The molecule has 2 aliphatic carbocycles. The molecule has 2 amide bonds. The number of carbonyl (C=O) groups excluding carboxylic acids is 2. The molecule has 4 unspecified atom stereocenters. The molecule has 0 aromatic carbocycles. The lowest BCUT2D eigenvalue weighted by molar-refractivity contribution is -0.140. The quantitative estimate of drug-likeness (QED) is 0.591. The number of β-amino-alcohol motifs (C(OH)–C–C–N with tert-alkyl or cyclic N) is 1. The molecule has 4 atom stereocenters. The first-order valence-electron chi connectivity index (χ1n) is 6.53. The van der Waals surface area contributed by atoms with Gasteiger partial charge < -0.3 is 5.11 Å². The molecule has 1 fully saturated rings. The number of imide groups is 1. The van der Waals surface area contributed by atoms with Crippen molar-refractivity contribution in [3.05, 3.63) is 24.3 Å². The first-order chi connectivity index (χ1) is 8.74. The van der Waals surface area contributed by atoms with Gasteiger partial charge in [0.25, 0.3) is 0 Å². The van der Waals surface area contributed by atoms with E-state index in [-0.39, 0.29) is 42.7 Å². The van der Waals surface area contributed by atoms with Crippen molar-refractivity contribution in [2.75, 3.05) is 13.2 Å². The largest absolute Gasteiger partial charge is 0.395 e. The first-order valence-corrected chi connectivity index (χ1v) is 6.53. The van der Waals surface area contributed by atoms with Crippen LogP contribution in [0.5, 0.6) is 0 Å². The van der Waals surface area contributed by atoms with Crippen molar-refractivity contribution in [2.45, 2.75) is 12.8 Å². The predicted molar refractivity (Wildman–Crippen MR) is 65.3 cm³/mol. The van der Waals surface area contributed by atoms with E-state index in [2.05, 4.69) is 18.2 Å². The van der Waals surface area contributed by atoms with E-state index in [9.17, 15) is 9.59 Å². The SMILES string of the molecule is O=C1C2CC=CC(C3C=CC3)C2C(=O)N1CCO. The molecule has 0 spiro atoms. The van der Waals surface area contributed by atoms with E-state index in [0.717, 1.165) is 6.42 Å². The van der Waals surface area contributed by atoms with E-state index in [4.69, 9.17) is 5.11 Å². The van der Waals surface area contributed by atoms with Crippen LogP contribution >= 0.6 is 0 Å². The molecule has 1 N–H and O–H groups in total. The average Bonchev–Trinajstić information content (AvgIpc) is 2.54. The van der Waals surface area contributed by atoms with Gasteiger partial charge in [0, 0.05) is 0 Å². The van der Waals surface area contributed by atoms with Crippen LogP contribution in [0.4, 0.5) is 0 Å². The van der Waals surface area contributed by atoms with Crippen molar-refractivity contribution in [3.8, 4) is 0 Å². The lowest BCUT2D eigenvalue weighted by Crippen LogP contribution is -2.36. The Balaban J connectivity index is 1.88. The lowest BCUT2D eigenvalue weighted by Gasteiger charge is -2.33. The molecule has 18 heavy (non-hydrogen) atoms. The molecule has 1 saturated heterocycles. The van der Waals surface area contributed by atoms with Crippen LogP contribution in [0, 0.1) is 23.7 Å². The van der Waals surface area contributed by atoms with Gasteiger partial charge in [0.15, 0.2) is 0 Å². The molecule has 0 bridgehead atoms. The number of hydrogen-bond acceptors (Lipinski definition) is 3. The number of aliphatic hydroxyl groups is 1. The molecule has 0 radical (unpaired) electrons. The Labute approximate surface area is 106 Å². The Morgan fingerprint density at radius 2 is 1.89 bits per heavy atom. The monoisotopic (exact) mass is 247 g/mol. The van der Waals surface area contributed by atoms with E-state index in [0.29, 0.717) is 12.3 Å². The third-order valence-electron chi connectivity index (χ3n) is 4.34. The zero-order chi connectivity index (χ0) is 12.7. The van der Waals surface area contributed by atoms with Crippen molar-refractivity contribution in [2.24, 2.45) is 23.7 Å². The summed E-state index contributed by atoms with van der Waals surface area (Å²) in [6.45, 7) is -0.0176. The number of nitrogens with zero attached hydrogens (tertiary/aromatic N) is 1. The van der Waals surface area contributed by atoms with Gasteiger partial charge in [0.2, 0.25) is 11.8 Å². The normalized spacial score (nSPS) is 37.9. The first kappa shape index (κ1) is 11.7. The van der Waals surface area contributed by atoms with Crippen molar-refractivity contribution < 1.29 is 14.7 Å². The minimum Gasteiger partial charge on any atom is -0.395 e. The number of hydrogen-bond donors (Lipinski definition) is 1. The van der Waals surface area contributed by atoms with Crippen LogP contribution in [0.3, 0.4) is 0 Å². The van der Waals surface area contributed by atoms with Gasteiger partial charge in [-0.2, -0.15) is 0 Å². The Bertz CT molecular complexity index is 440. The maximum absolute atomic E-state index is 12.3. The van der Waals surface area contributed by atoms with Crippen LogP contribution < -0.4 is 0 Å². The highest BCUT2D eigenvalue weighted by atomic mass is 16.3. The molecular formula is C14H17NO3. The topological polar surface area (TPSA) is 57.6 Å². The second-order valence-electron chi connectivity index (χ2n) is 5.25. The molecule has 4 nitrogen and oxygen atoms in total. The molecule has 1 aliphatic heterocycles. The van der Waals surface area contributed by atoms with Gasteiger partial charge >= 0.3 is 0 Å². The van der Waals surface area contributed by atoms with Crippen molar-refractivity contribution >= 4 is 11.8 Å². The zero-order valence-corrected chi connectivity index (χ0v) is 10.2. The van der Waals surface area contributed by atoms with Crippen molar-refractivity contribution in [3.63, 3.8) is 0 Å². The van der Waals surface area contributed by atoms with Gasteiger partial charge in [-0.15, -0.1) is 0 Å². The van der Waals surface area contributed by atoms with Gasteiger partial charge in [0.1, 0.15) is 0 Å². The van der Waals surface area contributed by atoms with Crippen LogP contribution in [0.2, 0.25) is 0 Å². The van der Waals surface area contributed by atoms with Crippen molar-refractivity contribution in [1.29, 1.82) is 0 Å². The fourth-order valence-corrected chi connectivity index (χ4v) is 3.30. The van der Waals surface area contributed by atoms with E-state index in [1.165, 1.54) is 4.90 Å². The Morgan fingerprint density at radius 1 is 1.17 bits per heavy atom. The summed E-state index contributed by atoms with van der Waals surface area (Å²) in [4.78, 5) is 25.7. The Hall–Kier alpha value is -1.42. The summed E-state index contributed by atoms with van der Waals surface area (Å²) in [7, 11) is 0. The summed E-state index contributed by atoms with van der Waals surface area (Å²) in [6.07, 6.45) is 10.0. The molecule has 1 heterocycles. The van der Waals surface area contributed by atoms with Crippen LogP contribution in [0.25, 0.3) is 0 Å². The summed E-state index contributed by atoms with van der Waals surface area (Å²) in [5.41, 5.74) is 0. The Kier molecular flexibility index (Phi) is 2.82. The molecular weight excluding hydrogens is 230 g/mol. The van der Waals surface area contributed by atoms with Gasteiger partial charge in [-0.05, 0) is 24.7 Å². The van der Waals surface area contributed by atoms with Crippen molar-refractivity contribution in [1.82, 2.24) is 4.90 Å². The smallest absolute Gasteiger partial charge is 0.233 e. The molecule has 3 rings (SSSR count). The average molecular weight is 247 g/mol. The maximum atomic E-state index is 12.3. The molecule has 3 aliphatic rings. The minimum absolute atomic E-state index is 0.0892. The van der Waals surface area contributed by atoms with Gasteiger partial charge in [-0.1, -0.05) is 24.3 Å². The van der Waals surface area contributed by atoms with Gasteiger partial charge in [-0.25, -0.2) is 0 Å². The number of fused-ring (bicyclic) bond motifs is 1. The van der Waals surface area contributed by atoms with Gasteiger partial charge in [0.05, 0.1) is 25.0 Å². The van der Waals surface area contributed by atoms with Gasteiger partial charge in [-0.3, -0.25) is 14.5 Å². The van der Waals surface area contributed by atoms with Crippen LogP contribution in [-0.4, -0.2) is 35.0 Å². The summed E-state index contributed by atoms with van der Waals surface area (Å²) in [5, 5.41) is 8.96. The highest BCUT2D eigenvalue weighted by Gasteiger charge is 2.52. The highest BCUT2D eigenvalue weighted by molar-refractivity contribution is 6.05. The van der Waals surface area contributed by atoms with E-state index in [1.807, 2.05) is 6.08 Å². The summed E-state index contributed by atoms with van der Waals surface area (Å²) in [6, 6.07) is 0. The minimum atomic E-state index is -0.205. The number of likely N-dealkylation sites (tertiary alicyclic amines) is 1. The van der Waals surface area contributed by atoms with E-state index < -0.39 is 0 Å². The number of rotatable bonds is 3. The van der Waals surface area contributed by atoms with Crippen LogP contribution in [-0.2, 0) is 9.59 Å². The number of allylic oxidation sites excluding steroid dienone is 4. The van der Waals surface area contributed by atoms with E-state index in [1.54, 1.807) is 0 Å². The zero-order valence-electron chi connectivity index (χ0n) is 10.2. The predicted octanol–water partition coefficient (Wildman–Crippen LogP) is 0.732. The summed E-state index contributed by atoms with van der Waals surface area (Å²) < 4.78 is 0. The van der Waals surface area contributed by atoms with Crippen LogP contribution in [0.15, 0.2) is 24.3 Å². The third kappa shape index (κ3) is 1.56. The molecule has 0 aromatic rings. The number of carbonyl (C=O) groups is 2. The Morgan fingerprint density at radius 3 is 2.50 bits per heavy atom.